The Morgan fingerprint density at radius 1 is 1.11 bits per heavy atom. The van der Waals surface area contributed by atoms with Crippen LogP contribution < -0.4 is 20.7 Å². The second-order valence-electron chi connectivity index (χ2n) is 7.54. The molecule has 0 radical (unpaired) electrons. The van der Waals surface area contributed by atoms with E-state index in [2.05, 4.69) is 9.47 Å². The molecule has 1 unspecified atom stereocenters. The van der Waals surface area contributed by atoms with Crippen LogP contribution in [0.4, 0.5) is 26.3 Å². The Morgan fingerprint density at radius 3 is 2.18 bits per heavy atom. The first-order valence-electron chi connectivity index (χ1n) is 9.92. The standard InChI is InChI=1S/C17H15F6N4O10P/c1-25-4-5-26(7-25)38(32,33)34-6-8-10(36-13(29)16(18,19)20)11(37-14(30)17(21,22)23)12(35-8)27-3-2-9(28)24-15(27)31/h2-5,7-8,10-12H,6H2,1H3,(H-,24,28,31,32,33)/t8-,10-,11-,12-/m1/s1. The van der Waals surface area contributed by atoms with Crippen LogP contribution in [0.2, 0.25) is 0 Å². The van der Waals surface area contributed by atoms with Gasteiger partial charge in [0.2, 0.25) is 6.33 Å². The van der Waals surface area contributed by atoms with E-state index in [4.69, 9.17) is 9.26 Å². The molecule has 2 aromatic rings. The maximum atomic E-state index is 12.9. The quantitative estimate of drug-likeness (QED) is 0.186. The number of aromatic amines is 1. The fourth-order valence-electron chi connectivity index (χ4n) is 3.16. The normalized spacial score (nSPS) is 23.6. The smallest absolute Gasteiger partial charge is 0.490 e. The van der Waals surface area contributed by atoms with Crippen molar-refractivity contribution in [1.29, 1.82) is 0 Å². The van der Waals surface area contributed by atoms with Crippen molar-refractivity contribution in [2.24, 2.45) is 7.05 Å². The van der Waals surface area contributed by atoms with Crippen LogP contribution in [0.1, 0.15) is 6.23 Å². The molecular formula is C17H15F6N4O10P. The lowest BCUT2D eigenvalue weighted by molar-refractivity contribution is -0.670. The van der Waals surface area contributed by atoms with E-state index in [0.717, 1.165) is 12.5 Å². The zero-order valence-electron chi connectivity index (χ0n) is 18.5. The number of ether oxygens (including phenoxy) is 3. The number of hydrogen-bond donors (Lipinski definition) is 1. The Morgan fingerprint density at radius 2 is 1.68 bits per heavy atom. The zero-order valence-corrected chi connectivity index (χ0v) is 19.4. The van der Waals surface area contributed by atoms with Crippen LogP contribution in [0.25, 0.3) is 0 Å². The van der Waals surface area contributed by atoms with Crippen LogP contribution in [0.15, 0.2) is 40.6 Å². The number of nitrogens with zero attached hydrogens (tertiary/aromatic N) is 3. The molecule has 1 N–H and O–H groups in total. The molecule has 14 nitrogen and oxygen atoms in total. The summed E-state index contributed by atoms with van der Waals surface area (Å²) in [6.07, 6.45) is -17.1. The Bertz CT molecular complexity index is 1370. The molecule has 21 heteroatoms. The van der Waals surface area contributed by atoms with Crippen molar-refractivity contribution in [3.8, 4) is 0 Å². The van der Waals surface area contributed by atoms with Gasteiger partial charge in [-0.2, -0.15) is 30.7 Å². The molecule has 0 spiro atoms. The van der Waals surface area contributed by atoms with Crippen LogP contribution in [0.5, 0.6) is 0 Å². The number of esters is 2. The molecular weight excluding hydrogens is 565 g/mol. The van der Waals surface area contributed by atoms with E-state index in [1.54, 1.807) is 4.98 Å². The van der Waals surface area contributed by atoms with Crippen molar-refractivity contribution in [3.05, 3.63) is 51.8 Å². The second-order valence-corrected chi connectivity index (χ2v) is 9.20. The monoisotopic (exact) mass is 580 g/mol. The fourth-order valence-corrected chi connectivity index (χ4v) is 4.14. The minimum atomic E-state index is -5.71. The summed E-state index contributed by atoms with van der Waals surface area (Å²) in [5.74, 6) is -5.95. The van der Waals surface area contributed by atoms with Gasteiger partial charge in [-0.05, 0) is 0 Å². The first-order chi connectivity index (χ1) is 17.4. The van der Waals surface area contributed by atoms with Gasteiger partial charge in [-0.1, -0.05) is 0 Å². The molecule has 0 amide bonds. The van der Waals surface area contributed by atoms with E-state index in [1.807, 2.05) is 0 Å². The van der Waals surface area contributed by atoms with Gasteiger partial charge in [-0.15, -0.1) is 0 Å². The number of hydrogen-bond acceptors (Lipinski definition) is 10. The van der Waals surface area contributed by atoms with E-state index in [0.29, 0.717) is 21.2 Å². The molecule has 0 bridgehead atoms. The Labute approximate surface area is 205 Å². The summed E-state index contributed by atoms with van der Waals surface area (Å²) in [6.45, 7) is -1.28. The van der Waals surface area contributed by atoms with Crippen LogP contribution in [0, 0.1) is 0 Å². The number of H-pyrrole nitrogens is 1. The average molecular weight is 580 g/mol. The molecule has 1 fully saturated rings. The van der Waals surface area contributed by atoms with E-state index in [9.17, 15) is 55.0 Å². The average Bonchev–Trinajstić information content (AvgIpc) is 3.36. The highest BCUT2D eigenvalue weighted by Gasteiger charge is 2.56. The molecule has 3 rings (SSSR count). The summed E-state index contributed by atoms with van der Waals surface area (Å²) in [7, 11) is -3.63. The van der Waals surface area contributed by atoms with Crippen molar-refractivity contribution in [2.75, 3.05) is 6.61 Å². The van der Waals surface area contributed by atoms with Crippen molar-refractivity contribution < 1.29 is 68.7 Å². The van der Waals surface area contributed by atoms with Crippen molar-refractivity contribution >= 4 is 19.7 Å². The number of aryl methyl sites for hydroxylation is 1. The molecule has 1 aliphatic rings. The van der Waals surface area contributed by atoms with Crippen molar-refractivity contribution in [1.82, 2.24) is 13.9 Å². The summed E-state index contributed by atoms with van der Waals surface area (Å²) >= 11 is 0. The van der Waals surface area contributed by atoms with Gasteiger partial charge in [0.15, 0.2) is 18.4 Å². The summed E-state index contributed by atoms with van der Waals surface area (Å²) in [5, 5.41) is 0. The number of carbonyl (C=O) groups excluding carboxylic acids is 2. The maximum Gasteiger partial charge on any atom is 0.490 e. The van der Waals surface area contributed by atoms with Crippen LogP contribution in [-0.2, 0) is 39.9 Å². The second kappa shape index (κ2) is 10.4. The topological polar surface area (TPSA) is 175 Å². The molecule has 0 aliphatic carbocycles. The third-order valence-corrected chi connectivity index (χ3v) is 6.08. The number of rotatable bonds is 7. The zero-order chi connectivity index (χ0) is 28.6. The lowest BCUT2D eigenvalue weighted by Gasteiger charge is -2.26. The highest BCUT2D eigenvalue weighted by atomic mass is 31.2. The van der Waals surface area contributed by atoms with Gasteiger partial charge in [0.1, 0.15) is 18.5 Å². The molecule has 1 saturated heterocycles. The van der Waals surface area contributed by atoms with Crippen molar-refractivity contribution in [3.63, 3.8) is 0 Å². The highest BCUT2D eigenvalue weighted by Crippen LogP contribution is 2.41. The Kier molecular flexibility index (Phi) is 7.92. The number of imidazole rings is 1. The van der Waals surface area contributed by atoms with E-state index < -0.39 is 74.4 Å². The van der Waals surface area contributed by atoms with Gasteiger partial charge in [-0.25, -0.2) is 19.0 Å². The SMILES string of the molecule is C[n+]1ccn(P(=O)([O-])OC[C@H]2O[C@@H](n3ccc(=O)[nH]c3=O)[C@H](OC(=O)C(F)(F)F)[C@@H]2OC(=O)C(F)(F)F)c1. The Hall–Kier alpha value is -3.48. The van der Waals surface area contributed by atoms with Gasteiger partial charge in [0.05, 0.1) is 13.7 Å². The lowest BCUT2D eigenvalue weighted by atomic mass is 10.1. The molecule has 0 saturated carbocycles. The third-order valence-electron chi connectivity index (χ3n) is 4.80. The van der Waals surface area contributed by atoms with Gasteiger partial charge in [0.25, 0.3) is 5.56 Å². The minimum Gasteiger partial charge on any atom is -0.742 e. The first kappa shape index (κ1) is 29.1. The van der Waals surface area contributed by atoms with Gasteiger partial charge >= 0.3 is 37.7 Å². The van der Waals surface area contributed by atoms with Gasteiger partial charge in [-0.3, -0.25) is 18.9 Å². The largest absolute Gasteiger partial charge is 0.742 e. The van der Waals surface area contributed by atoms with Crippen LogP contribution in [0.3, 0.4) is 0 Å². The van der Waals surface area contributed by atoms with Crippen LogP contribution >= 0.6 is 7.75 Å². The fraction of sp³-hybridized carbons (Fsp3) is 0.471. The van der Waals surface area contributed by atoms with Gasteiger partial charge in [0, 0.05) is 12.3 Å². The lowest BCUT2D eigenvalue weighted by Crippen LogP contribution is -2.46. The number of alkyl halides is 6. The summed E-state index contributed by atoms with van der Waals surface area (Å²) in [5.41, 5.74) is -2.38. The first-order valence-corrected chi connectivity index (χ1v) is 11.4. The molecule has 210 valence electrons. The molecule has 1 aliphatic heterocycles. The van der Waals surface area contributed by atoms with Crippen LogP contribution in [-0.4, -0.2) is 63.1 Å². The highest BCUT2D eigenvalue weighted by molar-refractivity contribution is 7.49. The predicted octanol–water partition coefficient (Wildman–Crippen LogP) is -0.958. The number of aromatic nitrogens is 4. The van der Waals surface area contributed by atoms with E-state index >= 15 is 0 Å². The molecule has 38 heavy (non-hydrogen) atoms. The number of nitrogens with one attached hydrogen (secondary N) is 1. The minimum absolute atomic E-state index is 0.312. The van der Waals surface area contributed by atoms with Gasteiger partial charge < -0.3 is 23.6 Å². The van der Waals surface area contributed by atoms with E-state index in [1.165, 1.54) is 17.8 Å². The number of halogens is 6. The summed E-state index contributed by atoms with van der Waals surface area (Å²) in [4.78, 5) is 60.7. The van der Waals surface area contributed by atoms with Crippen molar-refractivity contribution in [2.45, 2.75) is 36.9 Å². The molecule has 0 aromatic carbocycles. The third kappa shape index (κ3) is 6.50. The molecule has 3 heterocycles. The Balaban J connectivity index is 2.02. The van der Waals surface area contributed by atoms with E-state index in [-0.39, 0.29) is 0 Å². The summed E-state index contributed by atoms with van der Waals surface area (Å²) in [6, 6.07) is 0.659. The number of carbonyl (C=O) groups is 2. The maximum absolute atomic E-state index is 12.9. The molecule has 5 atom stereocenters. The summed E-state index contributed by atoms with van der Waals surface area (Å²) < 4.78 is 110. The predicted molar refractivity (Wildman–Crippen MR) is 102 cm³/mol. The molecule has 2 aromatic heterocycles.